The Morgan fingerprint density at radius 3 is 2.45 bits per heavy atom. The van der Waals surface area contributed by atoms with E-state index in [-0.39, 0.29) is 17.9 Å². The van der Waals surface area contributed by atoms with E-state index in [9.17, 15) is 13.2 Å². The number of rotatable bonds is 6. The van der Waals surface area contributed by atoms with Crippen LogP contribution in [-0.2, 0) is 32.3 Å². The van der Waals surface area contributed by atoms with Crippen molar-refractivity contribution in [3.05, 3.63) is 59.7 Å². The predicted octanol–water partition coefficient (Wildman–Crippen LogP) is 2.48. The molecule has 38 heavy (non-hydrogen) atoms. The number of pyridine rings is 1. The van der Waals surface area contributed by atoms with Crippen molar-refractivity contribution in [1.29, 1.82) is 0 Å². The number of nitrogens with one attached hydrogen (secondary N) is 1. The summed E-state index contributed by atoms with van der Waals surface area (Å²) in [5, 5.41) is 0.949. The zero-order valence-electron chi connectivity index (χ0n) is 21.2. The third-order valence-electron chi connectivity index (χ3n) is 7.45. The number of nitrogens with zero attached hydrogens (tertiary/aromatic N) is 3. The van der Waals surface area contributed by atoms with Crippen molar-refractivity contribution in [3.8, 4) is 11.3 Å². The lowest BCUT2D eigenvalue weighted by molar-refractivity contribution is -0.117. The number of fused-ring (bicyclic) bond motifs is 3. The molecule has 0 atom stereocenters. The van der Waals surface area contributed by atoms with E-state index in [2.05, 4.69) is 39.0 Å². The maximum atomic E-state index is 11.9. The van der Waals surface area contributed by atoms with Crippen LogP contribution in [0.2, 0.25) is 0 Å². The average Bonchev–Trinajstić information content (AvgIpc) is 3.28. The van der Waals surface area contributed by atoms with Crippen LogP contribution in [0.15, 0.2) is 48.5 Å². The second-order valence-electron chi connectivity index (χ2n) is 10.1. The molecular weight excluding hydrogens is 502 g/mol. The first-order chi connectivity index (χ1) is 18.3. The van der Waals surface area contributed by atoms with Crippen molar-refractivity contribution in [2.75, 3.05) is 55.8 Å². The average molecular weight is 534 g/mol. The number of carbonyl (C=O) groups excluding carboxylic acids is 1. The maximum Gasteiger partial charge on any atom is 0.221 e. The summed E-state index contributed by atoms with van der Waals surface area (Å²) in [7, 11) is -2.96. The third kappa shape index (κ3) is 5.11. The summed E-state index contributed by atoms with van der Waals surface area (Å²) in [6.07, 6.45) is 0.102. The molecule has 2 saturated heterocycles. The van der Waals surface area contributed by atoms with Crippen molar-refractivity contribution < 1.29 is 17.9 Å². The first-order valence-corrected chi connectivity index (χ1v) is 14.8. The molecule has 2 aromatic carbocycles. The molecule has 4 aromatic rings. The number of carbonyl (C=O) groups is 1. The summed E-state index contributed by atoms with van der Waals surface area (Å²) in [5.41, 5.74) is 12.9. The molecule has 0 spiro atoms. The van der Waals surface area contributed by atoms with Crippen LogP contribution in [-0.4, -0.2) is 80.1 Å². The summed E-state index contributed by atoms with van der Waals surface area (Å²) >= 11 is 0. The Bertz CT molecular complexity index is 1590. The van der Waals surface area contributed by atoms with E-state index >= 15 is 0 Å². The van der Waals surface area contributed by atoms with Crippen molar-refractivity contribution in [1.82, 2.24) is 14.9 Å². The van der Waals surface area contributed by atoms with Gasteiger partial charge in [-0.2, -0.15) is 0 Å². The largest absolute Gasteiger partial charge is 0.379 e. The lowest BCUT2D eigenvalue weighted by atomic mass is 10.0. The number of hydrogen-bond acceptors (Lipinski definition) is 7. The quantitative estimate of drug-likeness (QED) is 0.391. The van der Waals surface area contributed by atoms with E-state index < -0.39 is 15.7 Å². The molecule has 2 aliphatic heterocycles. The third-order valence-corrected chi connectivity index (χ3v) is 9.06. The molecule has 0 bridgehead atoms. The van der Waals surface area contributed by atoms with Crippen LogP contribution < -0.4 is 10.6 Å². The SMILES string of the molecule is NC(=O)Cc1cc(-c2ccc(CN3CCOCC3)cc2)nc2c1[nH]c1cc(N3CCS(=O)(=O)CC3)ccc12. The number of sulfone groups is 1. The number of aromatic nitrogens is 2. The Hall–Kier alpha value is -3.47. The number of H-pyrrole nitrogens is 1. The van der Waals surface area contributed by atoms with Crippen molar-refractivity contribution in [2.45, 2.75) is 13.0 Å². The van der Waals surface area contributed by atoms with Crippen molar-refractivity contribution >= 4 is 43.4 Å². The molecule has 0 saturated carbocycles. The molecule has 3 N–H and O–H groups in total. The standard InChI is InChI=1S/C28H31N5O4S/c29-26(34)16-21-15-24(20-3-1-19(2-4-20)18-32-7-11-37-12-8-32)30-28-23-6-5-22(17-25(23)31-27(21)28)33-9-13-38(35,36)14-10-33/h1-6,15,17,31H,7-14,16,18H2,(H2,29,34). The summed E-state index contributed by atoms with van der Waals surface area (Å²) in [4.78, 5) is 24.9. The van der Waals surface area contributed by atoms with E-state index in [1.165, 1.54) is 5.56 Å². The highest BCUT2D eigenvalue weighted by atomic mass is 32.2. The van der Waals surface area contributed by atoms with Gasteiger partial charge >= 0.3 is 0 Å². The van der Waals surface area contributed by atoms with E-state index in [0.29, 0.717) is 13.1 Å². The fraction of sp³-hybridized carbons (Fsp3) is 0.357. The molecule has 2 aliphatic rings. The smallest absolute Gasteiger partial charge is 0.221 e. The Morgan fingerprint density at radius 1 is 1.00 bits per heavy atom. The highest BCUT2D eigenvalue weighted by molar-refractivity contribution is 7.91. The monoisotopic (exact) mass is 533 g/mol. The first-order valence-electron chi connectivity index (χ1n) is 12.9. The highest BCUT2D eigenvalue weighted by Crippen LogP contribution is 2.33. The molecule has 10 heteroatoms. The zero-order valence-corrected chi connectivity index (χ0v) is 22.0. The second-order valence-corrected chi connectivity index (χ2v) is 12.4. The highest BCUT2D eigenvalue weighted by Gasteiger charge is 2.23. The topological polar surface area (TPSA) is 122 Å². The van der Waals surface area contributed by atoms with Gasteiger partial charge in [0.1, 0.15) is 0 Å². The molecule has 1 amide bonds. The van der Waals surface area contributed by atoms with Gasteiger partial charge in [0.15, 0.2) is 9.84 Å². The minimum Gasteiger partial charge on any atom is -0.379 e. The number of amides is 1. The number of anilines is 1. The molecule has 0 radical (unpaired) electrons. The molecule has 6 rings (SSSR count). The summed E-state index contributed by atoms with van der Waals surface area (Å²) in [5.74, 6) is -0.0778. The number of ether oxygens (including phenoxy) is 1. The van der Waals surface area contributed by atoms with Crippen molar-refractivity contribution in [2.24, 2.45) is 5.73 Å². The van der Waals surface area contributed by atoms with Gasteiger partial charge in [-0.05, 0) is 35.4 Å². The summed E-state index contributed by atoms with van der Waals surface area (Å²) in [6, 6.07) is 16.4. The number of morpholine rings is 1. The predicted molar refractivity (Wildman–Crippen MR) is 149 cm³/mol. The van der Waals surface area contributed by atoms with Crippen LogP contribution in [0.5, 0.6) is 0 Å². The Labute approximate surface area is 221 Å². The minimum atomic E-state index is -2.96. The van der Waals surface area contributed by atoms with Crippen LogP contribution in [0.25, 0.3) is 33.2 Å². The van der Waals surface area contributed by atoms with E-state index in [0.717, 1.165) is 77.3 Å². The van der Waals surface area contributed by atoms with Crippen LogP contribution in [0.4, 0.5) is 5.69 Å². The lowest BCUT2D eigenvalue weighted by Gasteiger charge is -2.28. The van der Waals surface area contributed by atoms with Gasteiger partial charge in [0.25, 0.3) is 0 Å². The number of benzene rings is 2. The van der Waals surface area contributed by atoms with Crippen LogP contribution in [0.3, 0.4) is 0 Å². The van der Waals surface area contributed by atoms with E-state index in [1.54, 1.807) is 0 Å². The van der Waals surface area contributed by atoms with E-state index in [1.807, 2.05) is 24.3 Å². The molecular formula is C28H31N5O4S. The van der Waals surface area contributed by atoms with Gasteiger partial charge < -0.3 is 20.4 Å². The van der Waals surface area contributed by atoms with Crippen molar-refractivity contribution in [3.63, 3.8) is 0 Å². The van der Waals surface area contributed by atoms with Gasteiger partial charge in [-0.25, -0.2) is 13.4 Å². The fourth-order valence-electron chi connectivity index (χ4n) is 5.35. The van der Waals surface area contributed by atoms with Crippen LogP contribution in [0.1, 0.15) is 11.1 Å². The van der Waals surface area contributed by atoms with Gasteiger partial charge in [-0.15, -0.1) is 0 Å². The van der Waals surface area contributed by atoms with E-state index in [4.69, 9.17) is 15.5 Å². The molecule has 4 heterocycles. The molecule has 2 fully saturated rings. The number of primary amides is 1. The lowest BCUT2D eigenvalue weighted by Crippen LogP contribution is -2.40. The summed E-state index contributed by atoms with van der Waals surface area (Å²) in [6.45, 7) is 5.27. The molecule has 0 aliphatic carbocycles. The fourth-order valence-corrected chi connectivity index (χ4v) is 6.55. The molecule has 9 nitrogen and oxygen atoms in total. The number of nitrogens with two attached hydrogens (primary N) is 1. The summed E-state index contributed by atoms with van der Waals surface area (Å²) < 4.78 is 29.2. The Morgan fingerprint density at radius 2 is 1.74 bits per heavy atom. The van der Waals surface area contributed by atoms with Gasteiger partial charge in [-0.1, -0.05) is 24.3 Å². The molecule has 0 unspecified atom stereocenters. The number of aromatic amines is 1. The van der Waals surface area contributed by atoms with Gasteiger partial charge in [0.05, 0.1) is 53.4 Å². The zero-order chi connectivity index (χ0) is 26.3. The minimum absolute atomic E-state index is 0.102. The van der Waals surface area contributed by atoms with Gasteiger partial charge in [-0.3, -0.25) is 9.69 Å². The first kappa shape index (κ1) is 24.8. The maximum absolute atomic E-state index is 11.9. The molecule has 198 valence electrons. The normalized spacial score (nSPS) is 18.3. The van der Waals surface area contributed by atoms with Gasteiger partial charge in [0, 0.05) is 49.4 Å². The Kier molecular flexibility index (Phi) is 6.55. The van der Waals surface area contributed by atoms with Crippen LogP contribution in [0, 0.1) is 0 Å². The van der Waals surface area contributed by atoms with Crippen LogP contribution >= 0.6 is 0 Å². The second kappa shape index (κ2) is 10.0. The number of hydrogen-bond donors (Lipinski definition) is 2. The Balaban J connectivity index is 1.35. The molecule has 2 aromatic heterocycles. The van der Waals surface area contributed by atoms with Gasteiger partial charge in [0.2, 0.25) is 5.91 Å².